The van der Waals surface area contributed by atoms with Gasteiger partial charge in [0.25, 0.3) is 0 Å². The number of furan rings is 1. The van der Waals surface area contributed by atoms with Gasteiger partial charge in [0, 0.05) is 23.7 Å². The molecule has 2 aromatic rings. The molecule has 0 aliphatic heterocycles. The number of halogens is 3. The third-order valence-electron chi connectivity index (χ3n) is 3.23. The standard InChI is InChI=1S/C16H21ClN2O.2ClH/c1-12-14(5-4-6-15(12)17)16-8-7-13(20-16)11-18-9-10-19(2)3;;/h4-8,18H,9-11H2,1-3H3;2*1H/p-2. The van der Waals surface area contributed by atoms with Gasteiger partial charge in [0.2, 0.25) is 0 Å². The molecule has 3 nitrogen and oxygen atoms in total. The van der Waals surface area contributed by atoms with E-state index in [2.05, 4.69) is 24.3 Å². The summed E-state index contributed by atoms with van der Waals surface area (Å²) in [5.74, 6) is 1.81. The SMILES string of the molecule is Cc1c(Cl)cccc1-c1ccc(CNCCN(C)C)o1.[Cl-].[Cl-]. The van der Waals surface area contributed by atoms with Crippen LogP contribution < -0.4 is 30.1 Å². The molecule has 0 radical (unpaired) electrons. The lowest BCUT2D eigenvalue weighted by atomic mass is 10.1. The van der Waals surface area contributed by atoms with Gasteiger partial charge in [-0.25, -0.2) is 0 Å². The largest absolute Gasteiger partial charge is 1.00 e. The number of nitrogens with zero attached hydrogens (tertiary/aromatic N) is 1. The second kappa shape index (κ2) is 10.1. The molecule has 124 valence electrons. The number of rotatable bonds is 6. The summed E-state index contributed by atoms with van der Waals surface area (Å²) in [6.07, 6.45) is 0. The Morgan fingerprint density at radius 3 is 2.55 bits per heavy atom. The first kappa shape index (κ1) is 21.3. The molecule has 0 fully saturated rings. The molecule has 0 saturated carbocycles. The Labute approximate surface area is 149 Å². The molecule has 0 aliphatic rings. The zero-order valence-electron chi connectivity index (χ0n) is 13.0. The minimum absolute atomic E-state index is 0. The van der Waals surface area contributed by atoms with E-state index in [9.17, 15) is 0 Å². The molecule has 0 atom stereocenters. The van der Waals surface area contributed by atoms with E-state index in [1.54, 1.807) is 0 Å². The highest BCUT2D eigenvalue weighted by Gasteiger charge is 2.09. The molecule has 1 heterocycles. The minimum atomic E-state index is 0. The highest BCUT2D eigenvalue weighted by molar-refractivity contribution is 6.31. The van der Waals surface area contributed by atoms with E-state index in [-0.39, 0.29) is 24.8 Å². The van der Waals surface area contributed by atoms with Crippen molar-refractivity contribution in [2.75, 3.05) is 27.2 Å². The van der Waals surface area contributed by atoms with Crippen molar-refractivity contribution in [2.45, 2.75) is 13.5 Å². The molecule has 0 spiro atoms. The highest BCUT2D eigenvalue weighted by Crippen LogP contribution is 2.29. The fourth-order valence-electron chi connectivity index (χ4n) is 2.01. The monoisotopic (exact) mass is 362 g/mol. The van der Waals surface area contributed by atoms with Crippen molar-refractivity contribution in [1.29, 1.82) is 0 Å². The molecular formula is C16H21Cl3N2O-2. The second-order valence-corrected chi connectivity index (χ2v) is 5.57. The molecular weight excluding hydrogens is 343 g/mol. The Bertz CT molecular complexity index is 570. The summed E-state index contributed by atoms with van der Waals surface area (Å²) in [5, 5.41) is 4.13. The average molecular weight is 364 g/mol. The summed E-state index contributed by atoms with van der Waals surface area (Å²) in [6, 6.07) is 9.89. The first-order chi connectivity index (χ1) is 9.58. The van der Waals surface area contributed by atoms with Gasteiger partial charge in [0.05, 0.1) is 6.54 Å². The molecule has 1 aromatic heterocycles. The van der Waals surface area contributed by atoms with Crippen molar-refractivity contribution in [3.8, 4) is 11.3 Å². The lowest BCUT2D eigenvalue weighted by Crippen LogP contribution is -3.00. The van der Waals surface area contributed by atoms with Crippen molar-refractivity contribution >= 4 is 11.6 Å². The molecule has 0 unspecified atom stereocenters. The Balaban J connectivity index is 0.00000220. The lowest BCUT2D eigenvalue weighted by Gasteiger charge is -2.09. The number of likely N-dealkylation sites (N-methyl/N-ethyl adjacent to an activating group) is 1. The van der Waals surface area contributed by atoms with Crippen LogP contribution in [0.3, 0.4) is 0 Å². The Morgan fingerprint density at radius 1 is 1.14 bits per heavy atom. The summed E-state index contributed by atoms with van der Waals surface area (Å²) >= 11 is 6.14. The summed E-state index contributed by atoms with van der Waals surface area (Å²) in [6.45, 7) is 4.71. The van der Waals surface area contributed by atoms with Gasteiger partial charge >= 0.3 is 0 Å². The molecule has 0 saturated heterocycles. The number of nitrogens with one attached hydrogen (secondary N) is 1. The normalized spacial score (nSPS) is 10.2. The van der Waals surface area contributed by atoms with E-state index in [1.165, 1.54) is 0 Å². The molecule has 2 rings (SSSR count). The van der Waals surface area contributed by atoms with E-state index in [1.807, 2.05) is 37.3 Å². The maximum absolute atomic E-state index is 6.14. The van der Waals surface area contributed by atoms with Crippen LogP contribution >= 0.6 is 11.6 Å². The Morgan fingerprint density at radius 2 is 1.86 bits per heavy atom. The van der Waals surface area contributed by atoms with Gasteiger partial charge in [-0.15, -0.1) is 0 Å². The lowest BCUT2D eigenvalue weighted by molar-refractivity contribution is -0.00100. The van der Waals surface area contributed by atoms with Crippen LogP contribution in [0.2, 0.25) is 5.02 Å². The number of hydrogen-bond acceptors (Lipinski definition) is 3. The van der Waals surface area contributed by atoms with Gasteiger partial charge in [-0.1, -0.05) is 23.7 Å². The van der Waals surface area contributed by atoms with Crippen LogP contribution in [0, 0.1) is 6.92 Å². The van der Waals surface area contributed by atoms with Crippen molar-refractivity contribution in [3.05, 3.63) is 46.7 Å². The van der Waals surface area contributed by atoms with E-state index in [0.717, 1.165) is 47.3 Å². The zero-order valence-corrected chi connectivity index (χ0v) is 15.3. The van der Waals surface area contributed by atoms with E-state index >= 15 is 0 Å². The van der Waals surface area contributed by atoms with E-state index in [4.69, 9.17) is 16.0 Å². The van der Waals surface area contributed by atoms with Gasteiger partial charge in [0.1, 0.15) is 11.5 Å². The summed E-state index contributed by atoms with van der Waals surface area (Å²) < 4.78 is 5.88. The van der Waals surface area contributed by atoms with Crippen LogP contribution in [0.1, 0.15) is 11.3 Å². The maximum atomic E-state index is 6.14. The number of hydrogen-bond donors (Lipinski definition) is 1. The van der Waals surface area contributed by atoms with Crippen molar-refractivity contribution in [2.24, 2.45) is 0 Å². The highest BCUT2D eigenvalue weighted by atomic mass is 35.5. The Kier molecular flexibility index (Phi) is 9.81. The molecule has 22 heavy (non-hydrogen) atoms. The van der Waals surface area contributed by atoms with Gasteiger partial charge in [0.15, 0.2) is 0 Å². The van der Waals surface area contributed by atoms with Crippen molar-refractivity contribution in [1.82, 2.24) is 10.2 Å². The van der Waals surface area contributed by atoms with Gasteiger partial charge < -0.3 is 39.4 Å². The summed E-state index contributed by atoms with van der Waals surface area (Å²) in [5.41, 5.74) is 2.10. The summed E-state index contributed by atoms with van der Waals surface area (Å²) in [4.78, 5) is 2.15. The topological polar surface area (TPSA) is 28.4 Å². The second-order valence-electron chi connectivity index (χ2n) is 5.16. The predicted molar refractivity (Wildman–Crippen MR) is 84.2 cm³/mol. The van der Waals surface area contributed by atoms with Crippen LogP contribution in [0.4, 0.5) is 0 Å². The van der Waals surface area contributed by atoms with Crippen molar-refractivity contribution in [3.63, 3.8) is 0 Å². The molecule has 6 heteroatoms. The first-order valence-corrected chi connectivity index (χ1v) is 7.15. The first-order valence-electron chi connectivity index (χ1n) is 6.77. The van der Waals surface area contributed by atoms with Crippen molar-refractivity contribution < 1.29 is 29.2 Å². The fraction of sp³-hybridized carbons (Fsp3) is 0.375. The predicted octanol–water partition coefficient (Wildman–Crippen LogP) is -2.43. The molecule has 1 N–H and O–H groups in total. The average Bonchev–Trinajstić information content (AvgIpc) is 2.86. The quantitative estimate of drug-likeness (QED) is 0.579. The van der Waals surface area contributed by atoms with Gasteiger partial charge in [-0.05, 0) is 44.8 Å². The molecule has 1 aromatic carbocycles. The molecule has 0 amide bonds. The molecule has 0 aliphatic carbocycles. The van der Waals surface area contributed by atoms with Gasteiger partial charge in [-0.2, -0.15) is 0 Å². The van der Waals surface area contributed by atoms with E-state index in [0.29, 0.717) is 0 Å². The smallest absolute Gasteiger partial charge is 0.134 e. The Hall–Kier alpha value is -0.710. The van der Waals surface area contributed by atoms with Crippen LogP contribution in [0.25, 0.3) is 11.3 Å². The number of benzene rings is 1. The van der Waals surface area contributed by atoms with Crippen LogP contribution in [-0.2, 0) is 6.54 Å². The summed E-state index contributed by atoms with van der Waals surface area (Å²) in [7, 11) is 4.13. The van der Waals surface area contributed by atoms with Crippen LogP contribution in [0.15, 0.2) is 34.7 Å². The minimum Gasteiger partial charge on any atom is -1.00 e. The van der Waals surface area contributed by atoms with Crippen LogP contribution in [0.5, 0.6) is 0 Å². The van der Waals surface area contributed by atoms with Crippen LogP contribution in [-0.4, -0.2) is 32.1 Å². The molecule has 0 bridgehead atoms. The fourth-order valence-corrected chi connectivity index (χ4v) is 2.18. The van der Waals surface area contributed by atoms with Gasteiger partial charge in [-0.3, -0.25) is 0 Å². The van der Waals surface area contributed by atoms with E-state index < -0.39 is 0 Å². The maximum Gasteiger partial charge on any atom is 0.134 e. The zero-order chi connectivity index (χ0) is 14.5. The third kappa shape index (κ3) is 5.82. The third-order valence-corrected chi connectivity index (χ3v) is 3.64.